The van der Waals surface area contributed by atoms with Gasteiger partial charge in [0, 0.05) is 6.42 Å². The number of carbonyl (C=O) groups is 2. The van der Waals surface area contributed by atoms with Gasteiger partial charge in [0.25, 0.3) is 0 Å². The number of allylic oxidation sites excluding steroid dienone is 2. The monoisotopic (exact) mass is 407 g/mol. The zero-order valence-corrected chi connectivity index (χ0v) is 18.9. The summed E-state index contributed by atoms with van der Waals surface area (Å²) in [6.45, 7) is 2.75. The summed E-state index contributed by atoms with van der Waals surface area (Å²) in [6, 6.07) is -0.414. The fourth-order valence-electron chi connectivity index (χ4n) is 3.77. The largest absolute Gasteiger partial charge is 0.464 e. The second-order valence-electron chi connectivity index (χ2n) is 8.47. The Morgan fingerprint density at radius 1 is 0.862 bits per heavy atom. The lowest BCUT2D eigenvalue weighted by molar-refractivity contribution is -0.146. The summed E-state index contributed by atoms with van der Waals surface area (Å²) in [5.41, 5.74) is 0. The summed E-state index contributed by atoms with van der Waals surface area (Å²) in [6.07, 6.45) is 26.5. The lowest BCUT2D eigenvalue weighted by Gasteiger charge is -2.09. The first-order valence-corrected chi connectivity index (χ1v) is 12.3. The Balaban J connectivity index is 1.75. The van der Waals surface area contributed by atoms with Crippen molar-refractivity contribution in [3.8, 4) is 0 Å². The topological polar surface area (TPSA) is 55.4 Å². The standard InChI is InChI=1S/C25H45NO3/c1-2-3-4-5-6-7-8-9-10-11-12-13-14-15-16-17-18-19-22-29-25(28)23-20-21-24(27)26-23/h13-14,23H,2-12,15-22H2,1H3,(H,26,27)/b14-13+/t23-/m0/s1. The van der Waals surface area contributed by atoms with Crippen LogP contribution in [0.2, 0.25) is 0 Å². The Bertz CT molecular complexity index is 447. The predicted molar refractivity (Wildman–Crippen MR) is 121 cm³/mol. The van der Waals surface area contributed by atoms with Crippen molar-refractivity contribution in [1.82, 2.24) is 5.32 Å². The van der Waals surface area contributed by atoms with E-state index in [-0.39, 0.29) is 11.9 Å². The van der Waals surface area contributed by atoms with Crippen molar-refractivity contribution in [2.24, 2.45) is 0 Å². The molecule has 1 rings (SSSR count). The molecule has 0 radical (unpaired) electrons. The molecule has 1 atom stereocenters. The minimum Gasteiger partial charge on any atom is -0.464 e. The smallest absolute Gasteiger partial charge is 0.328 e. The lowest BCUT2D eigenvalue weighted by Crippen LogP contribution is -2.34. The van der Waals surface area contributed by atoms with E-state index >= 15 is 0 Å². The van der Waals surface area contributed by atoms with Gasteiger partial charge in [-0.3, -0.25) is 4.79 Å². The first-order chi connectivity index (χ1) is 14.2. The molecule has 0 bridgehead atoms. The van der Waals surface area contributed by atoms with E-state index in [4.69, 9.17) is 4.74 Å². The van der Waals surface area contributed by atoms with Crippen molar-refractivity contribution in [3.63, 3.8) is 0 Å². The highest BCUT2D eigenvalue weighted by Gasteiger charge is 2.28. The lowest BCUT2D eigenvalue weighted by atomic mass is 10.1. The number of esters is 1. The van der Waals surface area contributed by atoms with Gasteiger partial charge in [0.2, 0.25) is 5.91 Å². The molecule has 1 aliphatic heterocycles. The highest BCUT2D eigenvalue weighted by atomic mass is 16.5. The normalized spacial score (nSPS) is 16.4. The van der Waals surface area contributed by atoms with Crippen LogP contribution in [0.3, 0.4) is 0 Å². The Kier molecular flexibility index (Phi) is 16.6. The Morgan fingerprint density at radius 2 is 1.38 bits per heavy atom. The molecule has 0 aliphatic carbocycles. The molecule has 0 aromatic rings. The number of carbonyl (C=O) groups excluding carboxylic acids is 2. The van der Waals surface area contributed by atoms with Crippen LogP contribution in [0.5, 0.6) is 0 Å². The van der Waals surface area contributed by atoms with Crippen molar-refractivity contribution >= 4 is 11.9 Å². The van der Waals surface area contributed by atoms with E-state index in [9.17, 15) is 9.59 Å². The van der Waals surface area contributed by atoms with Crippen molar-refractivity contribution in [1.29, 1.82) is 0 Å². The second-order valence-corrected chi connectivity index (χ2v) is 8.47. The number of ether oxygens (including phenoxy) is 1. The summed E-state index contributed by atoms with van der Waals surface area (Å²) >= 11 is 0. The van der Waals surface area contributed by atoms with Crippen LogP contribution in [0.4, 0.5) is 0 Å². The van der Waals surface area contributed by atoms with Crippen LogP contribution >= 0.6 is 0 Å². The van der Waals surface area contributed by atoms with Gasteiger partial charge in [0.1, 0.15) is 6.04 Å². The molecule has 0 aromatic heterocycles. The van der Waals surface area contributed by atoms with Crippen molar-refractivity contribution in [2.45, 2.75) is 129 Å². The SMILES string of the molecule is CCCCCCCCCCCC/C=C/CCCCCCOC(=O)[C@@H]1CCC(=O)N1. The Morgan fingerprint density at radius 3 is 1.90 bits per heavy atom. The molecule has 4 heteroatoms. The molecular weight excluding hydrogens is 362 g/mol. The summed E-state index contributed by atoms with van der Waals surface area (Å²) in [5.74, 6) is -0.320. The van der Waals surface area contributed by atoms with Crippen LogP contribution in [0.1, 0.15) is 122 Å². The highest BCUT2D eigenvalue weighted by Crippen LogP contribution is 2.12. The third kappa shape index (κ3) is 15.2. The fraction of sp³-hybridized carbons (Fsp3) is 0.840. The van der Waals surface area contributed by atoms with E-state index in [0.29, 0.717) is 19.4 Å². The molecule has 0 saturated carbocycles. The van der Waals surface area contributed by atoms with Gasteiger partial charge in [-0.2, -0.15) is 0 Å². The number of rotatable bonds is 19. The number of nitrogens with one attached hydrogen (secondary N) is 1. The Hall–Kier alpha value is -1.32. The first kappa shape index (κ1) is 25.7. The van der Waals surface area contributed by atoms with E-state index in [1.165, 1.54) is 83.5 Å². The van der Waals surface area contributed by atoms with E-state index in [0.717, 1.165) is 19.3 Å². The first-order valence-electron chi connectivity index (χ1n) is 12.3. The summed E-state index contributed by atoms with van der Waals surface area (Å²) in [4.78, 5) is 22.8. The average molecular weight is 408 g/mol. The maximum absolute atomic E-state index is 11.7. The number of hydrogen-bond donors (Lipinski definition) is 1. The van der Waals surface area contributed by atoms with Crippen LogP contribution in [-0.4, -0.2) is 24.5 Å². The van der Waals surface area contributed by atoms with Crippen LogP contribution in [0.25, 0.3) is 0 Å². The third-order valence-corrected chi connectivity index (χ3v) is 5.68. The second kappa shape index (κ2) is 18.7. The van der Waals surface area contributed by atoms with Crippen LogP contribution < -0.4 is 5.32 Å². The van der Waals surface area contributed by atoms with Gasteiger partial charge in [-0.15, -0.1) is 0 Å². The summed E-state index contributed by atoms with van der Waals surface area (Å²) in [5, 5.41) is 2.64. The van der Waals surface area contributed by atoms with Crippen molar-refractivity contribution in [3.05, 3.63) is 12.2 Å². The highest BCUT2D eigenvalue weighted by molar-refractivity contribution is 5.87. The van der Waals surface area contributed by atoms with E-state index < -0.39 is 6.04 Å². The molecule has 1 saturated heterocycles. The number of amides is 1. The van der Waals surface area contributed by atoms with E-state index in [1.54, 1.807) is 0 Å². The van der Waals surface area contributed by atoms with Crippen LogP contribution in [-0.2, 0) is 14.3 Å². The van der Waals surface area contributed by atoms with Gasteiger partial charge >= 0.3 is 5.97 Å². The van der Waals surface area contributed by atoms with E-state index in [1.807, 2.05) is 0 Å². The molecule has 0 aromatic carbocycles. The molecule has 1 fully saturated rings. The van der Waals surface area contributed by atoms with Gasteiger partial charge < -0.3 is 10.1 Å². The Labute approximate surface area is 179 Å². The molecular formula is C25H45NO3. The molecule has 4 nitrogen and oxygen atoms in total. The quantitative estimate of drug-likeness (QED) is 0.149. The molecule has 1 N–H and O–H groups in total. The molecule has 0 unspecified atom stereocenters. The van der Waals surface area contributed by atoms with Crippen LogP contribution in [0, 0.1) is 0 Å². The van der Waals surface area contributed by atoms with Crippen LogP contribution in [0.15, 0.2) is 12.2 Å². The molecule has 1 amide bonds. The van der Waals surface area contributed by atoms with Crippen molar-refractivity contribution in [2.75, 3.05) is 6.61 Å². The zero-order chi connectivity index (χ0) is 21.0. The fourth-order valence-corrected chi connectivity index (χ4v) is 3.77. The minimum atomic E-state index is -0.414. The van der Waals surface area contributed by atoms with Gasteiger partial charge in [0.05, 0.1) is 6.61 Å². The minimum absolute atomic E-state index is 0.0480. The van der Waals surface area contributed by atoms with Gasteiger partial charge in [-0.25, -0.2) is 4.79 Å². The number of hydrogen-bond acceptors (Lipinski definition) is 3. The molecule has 1 aliphatic rings. The maximum Gasteiger partial charge on any atom is 0.328 e. The number of unbranched alkanes of at least 4 members (excludes halogenated alkanes) is 14. The van der Waals surface area contributed by atoms with Gasteiger partial charge in [-0.1, -0.05) is 89.7 Å². The van der Waals surface area contributed by atoms with Gasteiger partial charge in [0.15, 0.2) is 0 Å². The predicted octanol–water partition coefficient (Wildman–Crippen LogP) is 6.63. The average Bonchev–Trinajstić information content (AvgIpc) is 3.16. The van der Waals surface area contributed by atoms with E-state index in [2.05, 4.69) is 24.4 Å². The molecule has 29 heavy (non-hydrogen) atoms. The molecule has 1 heterocycles. The van der Waals surface area contributed by atoms with Crippen molar-refractivity contribution < 1.29 is 14.3 Å². The summed E-state index contributed by atoms with van der Waals surface area (Å²) < 4.78 is 5.24. The molecule has 168 valence electrons. The van der Waals surface area contributed by atoms with Gasteiger partial charge in [-0.05, 0) is 38.5 Å². The maximum atomic E-state index is 11.7. The summed E-state index contributed by atoms with van der Waals surface area (Å²) in [7, 11) is 0. The third-order valence-electron chi connectivity index (χ3n) is 5.68. The zero-order valence-electron chi connectivity index (χ0n) is 18.9. The molecule has 0 spiro atoms.